The topological polar surface area (TPSA) is 97.5 Å². The van der Waals surface area contributed by atoms with Crippen LogP contribution in [0.15, 0.2) is 48.5 Å². The number of aromatic nitrogens is 1. The summed E-state index contributed by atoms with van der Waals surface area (Å²) < 4.78 is 14.7. The van der Waals surface area contributed by atoms with Crippen molar-refractivity contribution in [3.8, 4) is 11.1 Å². The number of benzene rings is 2. The normalized spacial score (nSPS) is 16.4. The number of anilines is 1. The number of piperazine rings is 1. The fraction of sp³-hybridized carbons (Fsp3) is 0.276. The first-order valence-electron chi connectivity index (χ1n) is 12.7. The van der Waals surface area contributed by atoms with Crippen LogP contribution in [0, 0.1) is 12.7 Å². The minimum Gasteiger partial charge on any atom is -0.358 e. The first kappa shape index (κ1) is 25.4. The molecule has 0 aliphatic carbocycles. The van der Waals surface area contributed by atoms with E-state index in [0.29, 0.717) is 65.4 Å². The molecule has 0 bridgehead atoms. The van der Waals surface area contributed by atoms with Crippen LogP contribution >= 0.6 is 0 Å². The highest BCUT2D eigenvalue weighted by Gasteiger charge is 2.29. The van der Waals surface area contributed by atoms with Gasteiger partial charge in [-0.05, 0) is 36.8 Å². The molecule has 1 aromatic heterocycles. The Balaban J connectivity index is 1.36. The molecule has 1 saturated heterocycles. The van der Waals surface area contributed by atoms with Gasteiger partial charge in [-0.1, -0.05) is 30.3 Å². The molecule has 1 fully saturated rings. The van der Waals surface area contributed by atoms with Gasteiger partial charge >= 0.3 is 0 Å². The van der Waals surface area contributed by atoms with Gasteiger partial charge in [0.15, 0.2) is 0 Å². The standard InChI is InChI=1S/C29H30FN5O3/c1-18-16-22(28(37)31-10-11-34-12-14-35(15-13-34)19(2)36)26(32-18)17-23-27-21(20-6-3-4-8-24(20)30)7-5-9-25(27)33-29(23)38/h3-9,16-17,32H,10-15H2,1-2H3,(H,31,37)(H,33,38). The van der Waals surface area contributed by atoms with E-state index in [9.17, 15) is 18.8 Å². The van der Waals surface area contributed by atoms with Crippen LogP contribution in [0.25, 0.3) is 22.8 Å². The largest absolute Gasteiger partial charge is 0.358 e. The number of nitrogens with one attached hydrogen (secondary N) is 3. The Kier molecular flexibility index (Phi) is 7.11. The summed E-state index contributed by atoms with van der Waals surface area (Å²) >= 11 is 0. The molecule has 3 heterocycles. The number of fused-ring (bicyclic) bond motifs is 1. The zero-order chi connectivity index (χ0) is 26.8. The number of aromatic amines is 1. The zero-order valence-corrected chi connectivity index (χ0v) is 21.4. The predicted molar refractivity (Wildman–Crippen MR) is 145 cm³/mol. The fourth-order valence-electron chi connectivity index (χ4n) is 5.06. The van der Waals surface area contributed by atoms with Crippen molar-refractivity contribution >= 4 is 35.1 Å². The van der Waals surface area contributed by atoms with Crippen LogP contribution in [0.4, 0.5) is 10.1 Å². The first-order chi connectivity index (χ1) is 18.3. The number of carbonyl (C=O) groups excluding carboxylic acids is 3. The highest BCUT2D eigenvalue weighted by molar-refractivity contribution is 6.36. The Bertz CT molecular complexity index is 1440. The lowest BCUT2D eigenvalue weighted by molar-refractivity contribution is -0.130. The SMILES string of the molecule is CC(=O)N1CCN(CCNC(=O)c2cc(C)[nH]c2C=C2C(=O)Nc3cccc(-c4ccccc4F)c32)CC1. The summed E-state index contributed by atoms with van der Waals surface area (Å²) in [6, 6.07) is 13.6. The molecule has 0 radical (unpaired) electrons. The predicted octanol–water partition coefficient (Wildman–Crippen LogP) is 3.52. The molecule has 5 rings (SSSR count). The third kappa shape index (κ3) is 5.10. The van der Waals surface area contributed by atoms with Crippen molar-refractivity contribution in [2.24, 2.45) is 0 Å². The monoisotopic (exact) mass is 515 g/mol. The fourth-order valence-corrected chi connectivity index (χ4v) is 5.06. The Hall–Kier alpha value is -4.24. The van der Waals surface area contributed by atoms with E-state index >= 15 is 0 Å². The summed E-state index contributed by atoms with van der Waals surface area (Å²) in [5.74, 6) is -0.850. The molecule has 3 amide bonds. The van der Waals surface area contributed by atoms with E-state index in [4.69, 9.17) is 0 Å². The van der Waals surface area contributed by atoms with Crippen LogP contribution in [0.1, 0.15) is 34.2 Å². The second-order valence-electron chi connectivity index (χ2n) is 9.60. The number of halogens is 1. The molecule has 196 valence electrons. The van der Waals surface area contributed by atoms with E-state index in [2.05, 4.69) is 20.5 Å². The summed E-state index contributed by atoms with van der Waals surface area (Å²) in [7, 11) is 0. The number of nitrogens with zero attached hydrogens (tertiary/aromatic N) is 2. The lowest BCUT2D eigenvalue weighted by atomic mass is 9.94. The van der Waals surface area contributed by atoms with Gasteiger partial charge in [-0.25, -0.2) is 4.39 Å². The van der Waals surface area contributed by atoms with Gasteiger partial charge < -0.3 is 20.5 Å². The van der Waals surface area contributed by atoms with Crippen molar-refractivity contribution in [1.82, 2.24) is 20.1 Å². The molecule has 0 atom stereocenters. The smallest absolute Gasteiger partial charge is 0.256 e. The maximum Gasteiger partial charge on any atom is 0.256 e. The van der Waals surface area contributed by atoms with Gasteiger partial charge in [-0.3, -0.25) is 19.3 Å². The highest BCUT2D eigenvalue weighted by Crippen LogP contribution is 2.41. The summed E-state index contributed by atoms with van der Waals surface area (Å²) in [5, 5.41) is 5.83. The quantitative estimate of drug-likeness (QED) is 0.438. The maximum absolute atomic E-state index is 14.7. The van der Waals surface area contributed by atoms with Gasteiger partial charge in [-0.15, -0.1) is 0 Å². The minimum absolute atomic E-state index is 0.0852. The molecular formula is C29H30FN5O3. The third-order valence-corrected chi connectivity index (χ3v) is 7.04. The molecule has 38 heavy (non-hydrogen) atoms. The van der Waals surface area contributed by atoms with Gasteiger partial charge in [0.2, 0.25) is 5.91 Å². The lowest BCUT2D eigenvalue weighted by Crippen LogP contribution is -2.49. The van der Waals surface area contributed by atoms with Gasteiger partial charge in [0.05, 0.1) is 16.8 Å². The number of rotatable bonds is 6. The Labute approximate surface area is 220 Å². The molecule has 9 heteroatoms. The van der Waals surface area contributed by atoms with Crippen LogP contribution in [0.3, 0.4) is 0 Å². The molecule has 2 aromatic carbocycles. The van der Waals surface area contributed by atoms with E-state index in [1.807, 2.05) is 11.8 Å². The van der Waals surface area contributed by atoms with Gasteiger partial charge in [-0.2, -0.15) is 0 Å². The number of hydrogen-bond acceptors (Lipinski definition) is 4. The number of aryl methyl sites for hydroxylation is 1. The second kappa shape index (κ2) is 10.6. The molecule has 3 aromatic rings. The zero-order valence-electron chi connectivity index (χ0n) is 21.4. The summed E-state index contributed by atoms with van der Waals surface area (Å²) in [4.78, 5) is 44.9. The van der Waals surface area contributed by atoms with Gasteiger partial charge in [0, 0.05) is 68.7 Å². The Morgan fingerprint density at radius 2 is 1.79 bits per heavy atom. The Morgan fingerprint density at radius 1 is 1.05 bits per heavy atom. The van der Waals surface area contributed by atoms with E-state index in [1.54, 1.807) is 55.5 Å². The molecule has 0 saturated carbocycles. The molecule has 3 N–H and O–H groups in total. The highest BCUT2D eigenvalue weighted by atomic mass is 19.1. The van der Waals surface area contributed by atoms with Crippen LogP contribution < -0.4 is 10.6 Å². The minimum atomic E-state index is -0.377. The Morgan fingerprint density at radius 3 is 2.53 bits per heavy atom. The summed E-state index contributed by atoms with van der Waals surface area (Å²) in [6.45, 7) is 7.49. The van der Waals surface area contributed by atoms with Crippen molar-refractivity contribution in [1.29, 1.82) is 0 Å². The van der Waals surface area contributed by atoms with E-state index in [0.717, 1.165) is 18.8 Å². The van der Waals surface area contributed by atoms with Crippen LogP contribution in [-0.2, 0) is 9.59 Å². The molecule has 2 aliphatic heterocycles. The molecule has 8 nitrogen and oxygen atoms in total. The lowest BCUT2D eigenvalue weighted by Gasteiger charge is -2.34. The summed E-state index contributed by atoms with van der Waals surface area (Å²) in [6.07, 6.45) is 1.66. The number of hydrogen-bond donors (Lipinski definition) is 3. The van der Waals surface area contributed by atoms with E-state index in [-0.39, 0.29) is 23.5 Å². The molecule has 2 aliphatic rings. The molecular weight excluding hydrogens is 485 g/mol. The van der Waals surface area contributed by atoms with Crippen LogP contribution in [0.5, 0.6) is 0 Å². The van der Waals surface area contributed by atoms with Crippen molar-refractivity contribution in [2.45, 2.75) is 13.8 Å². The van der Waals surface area contributed by atoms with Crippen molar-refractivity contribution < 1.29 is 18.8 Å². The van der Waals surface area contributed by atoms with E-state index in [1.165, 1.54) is 6.07 Å². The average molecular weight is 516 g/mol. The number of carbonyl (C=O) groups is 3. The summed E-state index contributed by atoms with van der Waals surface area (Å²) in [5.41, 5.74) is 4.28. The van der Waals surface area contributed by atoms with Crippen molar-refractivity contribution in [2.75, 3.05) is 44.6 Å². The number of H-pyrrole nitrogens is 1. The molecule has 0 unspecified atom stereocenters. The van der Waals surface area contributed by atoms with E-state index < -0.39 is 0 Å². The second-order valence-corrected chi connectivity index (χ2v) is 9.60. The molecule has 0 spiro atoms. The van der Waals surface area contributed by atoms with Crippen molar-refractivity contribution in [3.05, 3.63) is 76.9 Å². The van der Waals surface area contributed by atoms with Crippen molar-refractivity contribution in [3.63, 3.8) is 0 Å². The van der Waals surface area contributed by atoms with Gasteiger partial charge in [0.25, 0.3) is 11.8 Å². The van der Waals surface area contributed by atoms with Gasteiger partial charge in [0.1, 0.15) is 5.82 Å². The maximum atomic E-state index is 14.7. The first-order valence-corrected chi connectivity index (χ1v) is 12.7. The third-order valence-electron chi connectivity index (χ3n) is 7.04. The van der Waals surface area contributed by atoms with Crippen LogP contribution in [-0.4, -0.2) is 71.8 Å². The van der Waals surface area contributed by atoms with Crippen LogP contribution in [0.2, 0.25) is 0 Å². The number of amides is 3. The average Bonchev–Trinajstić information content (AvgIpc) is 3.43.